The summed E-state index contributed by atoms with van der Waals surface area (Å²) < 4.78 is 39.7. The second kappa shape index (κ2) is 6.20. The number of piperazine rings is 1. The number of carbonyl (C=O) groups is 1. The molecule has 0 aliphatic carbocycles. The van der Waals surface area contributed by atoms with Crippen molar-refractivity contribution >= 4 is 5.91 Å². The second-order valence-electron chi connectivity index (χ2n) is 4.06. The van der Waals surface area contributed by atoms with Gasteiger partial charge in [0, 0.05) is 25.7 Å². The zero-order valence-corrected chi connectivity index (χ0v) is 9.72. The van der Waals surface area contributed by atoms with E-state index >= 15 is 0 Å². The molecule has 0 bridgehead atoms. The fraction of sp³-hybridized carbons (Fsp3) is 0.900. The molecule has 1 rings (SSSR count). The molecule has 0 spiro atoms. The smallest absolute Gasteiger partial charge is 0.372 e. The normalized spacial score (nSPS) is 21.6. The first-order valence-corrected chi connectivity index (χ1v) is 5.55. The first-order chi connectivity index (χ1) is 7.90. The van der Waals surface area contributed by atoms with E-state index in [1.165, 1.54) is 0 Å². The van der Waals surface area contributed by atoms with Crippen LogP contribution in [0.4, 0.5) is 13.2 Å². The van der Waals surface area contributed by atoms with E-state index in [1.54, 1.807) is 4.90 Å². The van der Waals surface area contributed by atoms with E-state index in [2.05, 4.69) is 10.1 Å². The summed E-state index contributed by atoms with van der Waals surface area (Å²) in [7, 11) is 0. The number of alkyl halides is 3. The summed E-state index contributed by atoms with van der Waals surface area (Å²) >= 11 is 0. The van der Waals surface area contributed by atoms with E-state index in [9.17, 15) is 18.0 Å². The maximum Gasteiger partial charge on any atom is 0.411 e. The van der Waals surface area contributed by atoms with Crippen molar-refractivity contribution in [2.24, 2.45) is 0 Å². The lowest BCUT2D eigenvalue weighted by Crippen LogP contribution is -2.52. The highest BCUT2D eigenvalue weighted by Crippen LogP contribution is 2.14. The fourth-order valence-electron chi connectivity index (χ4n) is 1.70. The standard InChI is InChI=1S/C10H17F3N2O2/c1-8-6-14-3-4-15(8)9(16)2-5-17-7-10(11,12)13/h8,14H,2-7H2,1H3/t8-/m1/s1. The Kier molecular flexibility index (Phi) is 5.20. The predicted molar refractivity (Wildman–Crippen MR) is 55.5 cm³/mol. The highest BCUT2D eigenvalue weighted by atomic mass is 19.4. The van der Waals surface area contributed by atoms with Gasteiger partial charge in [-0.05, 0) is 6.92 Å². The molecule has 1 aliphatic heterocycles. The molecule has 4 nitrogen and oxygen atoms in total. The third-order valence-electron chi connectivity index (χ3n) is 2.55. The SMILES string of the molecule is C[C@@H]1CNCCN1C(=O)CCOCC(F)(F)F. The highest BCUT2D eigenvalue weighted by Gasteiger charge is 2.28. The van der Waals surface area contributed by atoms with Crippen molar-refractivity contribution in [3.63, 3.8) is 0 Å². The van der Waals surface area contributed by atoms with Crippen molar-refractivity contribution in [1.29, 1.82) is 0 Å². The second-order valence-corrected chi connectivity index (χ2v) is 4.06. The molecule has 1 fully saturated rings. The number of rotatable bonds is 4. The van der Waals surface area contributed by atoms with Crippen LogP contribution in [-0.4, -0.2) is 55.9 Å². The molecule has 1 heterocycles. The molecule has 1 N–H and O–H groups in total. The van der Waals surface area contributed by atoms with Gasteiger partial charge >= 0.3 is 6.18 Å². The van der Waals surface area contributed by atoms with Crippen molar-refractivity contribution in [2.75, 3.05) is 32.8 Å². The number of amides is 1. The van der Waals surface area contributed by atoms with Gasteiger partial charge < -0.3 is 15.0 Å². The molecule has 0 aromatic heterocycles. The summed E-state index contributed by atoms with van der Waals surface area (Å²) in [5.41, 5.74) is 0. The number of nitrogens with one attached hydrogen (secondary N) is 1. The lowest BCUT2D eigenvalue weighted by molar-refractivity contribution is -0.175. The monoisotopic (exact) mass is 254 g/mol. The van der Waals surface area contributed by atoms with Gasteiger partial charge in [0.25, 0.3) is 0 Å². The first-order valence-electron chi connectivity index (χ1n) is 5.55. The predicted octanol–water partition coefficient (Wildman–Crippen LogP) is 0.776. The number of nitrogens with zero attached hydrogens (tertiary/aromatic N) is 1. The van der Waals surface area contributed by atoms with Crippen LogP contribution in [-0.2, 0) is 9.53 Å². The Morgan fingerprint density at radius 3 is 2.82 bits per heavy atom. The van der Waals surface area contributed by atoms with Crippen molar-refractivity contribution < 1.29 is 22.7 Å². The van der Waals surface area contributed by atoms with E-state index in [4.69, 9.17) is 0 Å². The van der Waals surface area contributed by atoms with E-state index < -0.39 is 12.8 Å². The average molecular weight is 254 g/mol. The Labute approximate surface area is 98.1 Å². The Hall–Kier alpha value is -0.820. The van der Waals surface area contributed by atoms with E-state index in [0.717, 1.165) is 13.1 Å². The van der Waals surface area contributed by atoms with Crippen molar-refractivity contribution in [2.45, 2.75) is 25.6 Å². The van der Waals surface area contributed by atoms with Gasteiger partial charge in [-0.2, -0.15) is 13.2 Å². The lowest BCUT2D eigenvalue weighted by atomic mass is 10.2. The zero-order valence-electron chi connectivity index (χ0n) is 9.72. The summed E-state index contributed by atoms with van der Waals surface area (Å²) in [4.78, 5) is 13.3. The quantitative estimate of drug-likeness (QED) is 0.754. The lowest BCUT2D eigenvalue weighted by Gasteiger charge is -2.34. The Balaban J connectivity index is 2.20. The van der Waals surface area contributed by atoms with Crippen LogP contribution in [0.25, 0.3) is 0 Å². The Bertz CT molecular complexity index is 258. The number of halogens is 3. The summed E-state index contributed by atoms with van der Waals surface area (Å²) in [6, 6.07) is 0.0823. The average Bonchev–Trinajstić information content (AvgIpc) is 2.23. The minimum Gasteiger partial charge on any atom is -0.372 e. The number of hydrogen-bond acceptors (Lipinski definition) is 3. The third kappa shape index (κ3) is 5.36. The molecule has 7 heteroatoms. The summed E-state index contributed by atoms with van der Waals surface area (Å²) in [5, 5.41) is 3.13. The summed E-state index contributed by atoms with van der Waals surface area (Å²) in [6.45, 7) is 2.46. The number of carbonyl (C=O) groups excluding carboxylic acids is 1. The molecule has 0 aromatic carbocycles. The highest BCUT2D eigenvalue weighted by molar-refractivity contribution is 5.76. The topological polar surface area (TPSA) is 41.6 Å². The minimum atomic E-state index is -4.33. The van der Waals surface area contributed by atoms with Crippen LogP contribution in [0.3, 0.4) is 0 Å². The fourth-order valence-corrected chi connectivity index (χ4v) is 1.70. The Morgan fingerprint density at radius 2 is 2.24 bits per heavy atom. The molecule has 0 saturated carbocycles. The maximum absolute atomic E-state index is 11.8. The van der Waals surface area contributed by atoms with Crippen LogP contribution >= 0.6 is 0 Å². The van der Waals surface area contributed by atoms with E-state index in [1.807, 2.05) is 6.92 Å². The summed E-state index contributed by atoms with van der Waals surface area (Å²) in [5.74, 6) is -0.152. The molecule has 0 radical (unpaired) electrons. The molecule has 100 valence electrons. The molecule has 1 atom stereocenters. The Morgan fingerprint density at radius 1 is 1.53 bits per heavy atom. The van der Waals surface area contributed by atoms with Crippen molar-refractivity contribution in [3.8, 4) is 0 Å². The van der Waals surface area contributed by atoms with E-state index in [0.29, 0.717) is 6.54 Å². The van der Waals surface area contributed by atoms with Gasteiger partial charge in [0.2, 0.25) is 5.91 Å². The van der Waals surface area contributed by atoms with Gasteiger partial charge in [-0.3, -0.25) is 4.79 Å². The van der Waals surface area contributed by atoms with Crippen LogP contribution in [0.15, 0.2) is 0 Å². The van der Waals surface area contributed by atoms with Gasteiger partial charge in [0.15, 0.2) is 0 Å². The van der Waals surface area contributed by atoms with Crippen molar-refractivity contribution in [1.82, 2.24) is 10.2 Å². The molecule has 0 aromatic rings. The molecular weight excluding hydrogens is 237 g/mol. The molecule has 17 heavy (non-hydrogen) atoms. The van der Waals surface area contributed by atoms with Crippen LogP contribution in [0.5, 0.6) is 0 Å². The molecule has 1 aliphatic rings. The largest absolute Gasteiger partial charge is 0.411 e. The zero-order chi connectivity index (χ0) is 12.9. The van der Waals surface area contributed by atoms with Gasteiger partial charge in [-0.1, -0.05) is 0 Å². The summed E-state index contributed by atoms with van der Waals surface area (Å²) in [6.07, 6.45) is -4.33. The van der Waals surface area contributed by atoms with Crippen LogP contribution in [0.1, 0.15) is 13.3 Å². The van der Waals surface area contributed by atoms with Crippen LogP contribution in [0.2, 0.25) is 0 Å². The molecule has 1 amide bonds. The third-order valence-corrected chi connectivity index (χ3v) is 2.55. The van der Waals surface area contributed by atoms with Gasteiger partial charge in [0.05, 0.1) is 13.0 Å². The molecular formula is C10H17F3N2O2. The minimum absolute atomic E-state index is 0.000417. The van der Waals surface area contributed by atoms with E-state index in [-0.39, 0.29) is 25.0 Å². The van der Waals surface area contributed by atoms with Crippen LogP contribution in [0, 0.1) is 0 Å². The first kappa shape index (κ1) is 14.2. The molecule has 0 unspecified atom stereocenters. The maximum atomic E-state index is 11.8. The van der Waals surface area contributed by atoms with Gasteiger partial charge in [-0.25, -0.2) is 0 Å². The number of ether oxygens (including phenoxy) is 1. The van der Waals surface area contributed by atoms with Crippen molar-refractivity contribution in [3.05, 3.63) is 0 Å². The van der Waals surface area contributed by atoms with Crippen LogP contribution < -0.4 is 5.32 Å². The van der Waals surface area contributed by atoms with Gasteiger partial charge in [0.1, 0.15) is 6.61 Å². The molecule has 1 saturated heterocycles. The number of hydrogen-bond donors (Lipinski definition) is 1. The van der Waals surface area contributed by atoms with Gasteiger partial charge in [-0.15, -0.1) is 0 Å².